The first-order valence-electron chi connectivity index (χ1n) is 6.09. The van der Waals surface area contributed by atoms with Gasteiger partial charge in [-0.25, -0.2) is 0 Å². The van der Waals surface area contributed by atoms with Crippen LogP contribution in [0.5, 0.6) is 0 Å². The molecule has 0 aliphatic carbocycles. The molecule has 0 spiro atoms. The summed E-state index contributed by atoms with van der Waals surface area (Å²) >= 11 is 6.11. The zero-order chi connectivity index (χ0) is 14.9. The average Bonchev–Trinajstić information content (AvgIpc) is 2.66. The molecule has 2 aromatic rings. The van der Waals surface area contributed by atoms with Gasteiger partial charge in [0.05, 0.1) is 27.9 Å². The molecule has 0 radical (unpaired) electrons. The van der Waals surface area contributed by atoms with E-state index in [1.807, 2.05) is 19.9 Å². The van der Waals surface area contributed by atoms with E-state index in [2.05, 4.69) is 10.4 Å². The van der Waals surface area contributed by atoms with Gasteiger partial charge in [0.1, 0.15) is 5.69 Å². The third-order valence-electron chi connectivity index (χ3n) is 3.19. The van der Waals surface area contributed by atoms with Gasteiger partial charge in [-0.2, -0.15) is 5.10 Å². The van der Waals surface area contributed by atoms with Crippen molar-refractivity contribution in [3.63, 3.8) is 0 Å². The van der Waals surface area contributed by atoms with Crippen molar-refractivity contribution in [1.29, 1.82) is 0 Å². The molecule has 106 valence electrons. The Kier molecular flexibility index (Phi) is 3.94. The van der Waals surface area contributed by atoms with Gasteiger partial charge in [0.15, 0.2) is 0 Å². The lowest BCUT2D eigenvalue weighted by Crippen LogP contribution is -2.08. The number of hydrogen-bond donors (Lipinski definition) is 1. The normalized spacial score (nSPS) is 10.6. The lowest BCUT2D eigenvalue weighted by molar-refractivity contribution is -0.384. The molecule has 1 aromatic carbocycles. The van der Waals surface area contributed by atoms with Crippen molar-refractivity contribution in [3.8, 4) is 0 Å². The molecule has 6 nitrogen and oxygen atoms in total. The summed E-state index contributed by atoms with van der Waals surface area (Å²) < 4.78 is 1.75. The number of nitrogens with one attached hydrogen (secondary N) is 1. The number of nitrogens with zero attached hydrogens (tertiary/aromatic N) is 3. The number of aryl methyl sites for hydroxylation is 1. The van der Waals surface area contributed by atoms with Crippen LogP contribution in [-0.2, 0) is 6.54 Å². The van der Waals surface area contributed by atoms with Crippen LogP contribution in [0.3, 0.4) is 0 Å². The summed E-state index contributed by atoms with van der Waals surface area (Å²) in [5.41, 5.74) is 2.95. The molecular weight excluding hydrogens is 280 g/mol. The van der Waals surface area contributed by atoms with Gasteiger partial charge in [-0.1, -0.05) is 23.7 Å². The van der Waals surface area contributed by atoms with Crippen LogP contribution in [0.1, 0.15) is 17.0 Å². The number of anilines is 1. The Morgan fingerprint density at radius 1 is 1.45 bits per heavy atom. The molecular formula is C13H15ClN4O2. The first-order valence-corrected chi connectivity index (χ1v) is 6.47. The second kappa shape index (κ2) is 5.50. The van der Waals surface area contributed by atoms with Crippen LogP contribution in [-0.4, -0.2) is 21.8 Å². The minimum atomic E-state index is -0.399. The highest BCUT2D eigenvalue weighted by Crippen LogP contribution is 2.29. The van der Waals surface area contributed by atoms with Crippen LogP contribution >= 0.6 is 11.6 Å². The predicted octanol–water partition coefficient (Wildman–Crippen LogP) is 3.15. The molecule has 2 rings (SSSR count). The monoisotopic (exact) mass is 294 g/mol. The summed E-state index contributed by atoms with van der Waals surface area (Å²) in [6.07, 6.45) is 0. The Morgan fingerprint density at radius 2 is 2.15 bits per heavy atom. The van der Waals surface area contributed by atoms with E-state index in [0.717, 1.165) is 17.0 Å². The molecule has 7 heteroatoms. The number of para-hydroxylation sites is 1. The van der Waals surface area contributed by atoms with Gasteiger partial charge in [0.25, 0.3) is 5.69 Å². The molecule has 0 amide bonds. The number of nitro groups is 1. The number of benzene rings is 1. The zero-order valence-corrected chi connectivity index (χ0v) is 12.2. The van der Waals surface area contributed by atoms with E-state index < -0.39 is 4.92 Å². The van der Waals surface area contributed by atoms with E-state index in [1.54, 1.807) is 17.8 Å². The highest BCUT2D eigenvalue weighted by Gasteiger charge is 2.17. The SMILES string of the molecule is CNc1c(Cn2nc(C)c(Cl)c2C)cccc1[N+](=O)[O-]. The minimum Gasteiger partial charge on any atom is -0.382 e. The summed E-state index contributed by atoms with van der Waals surface area (Å²) in [5.74, 6) is 0. The highest BCUT2D eigenvalue weighted by molar-refractivity contribution is 6.31. The predicted molar refractivity (Wildman–Crippen MR) is 78.5 cm³/mol. The Labute approximate surface area is 121 Å². The fraction of sp³-hybridized carbons (Fsp3) is 0.308. The summed E-state index contributed by atoms with van der Waals surface area (Å²) in [6.45, 7) is 4.13. The van der Waals surface area contributed by atoms with E-state index >= 15 is 0 Å². The smallest absolute Gasteiger partial charge is 0.292 e. The van der Waals surface area contributed by atoms with E-state index in [-0.39, 0.29) is 5.69 Å². The molecule has 0 atom stereocenters. The maximum atomic E-state index is 11.0. The molecule has 0 fully saturated rings. The van der Waals surface area contributed by atoms with Gasteiger partial charge < -0.3 is 5.32 Å². The van der Waals surface area contributed by atoms with E-state index in [1.165, 1.54) is 6.07 Å². The molecule has 1 heterocycles. The van der Waals surface area contributed by atoms with Gasteiger partial charge in [-0.3, -0.25) is 14.8 Å². The van der Waals surface area contributed by atoms with Crippen LogP contribution in [0.25, 0.3) is 0 Å². The second-order valence-electron chi connectivity index (χ2n) is 4.46. The topological polar surface area (TPSA) is 73.0 Å². The molecule has 0 saturated carbocycles. The molecule has 0 saturated heterocycles. The number of hydrogen-bond acceptors (Lipinski definition) is 4. The van der Waals surface area contributed by atoms with Gasteiger partial charge in [-0.15, -0.1) is 0 Å². The van der Waals surface area contributed by atoms with Crippen LogP contribution in [0.15, 0.2) is 18.2 Å². The van der Waals surface area contributed by atoms with Crippen molar-refractivity contribution in [1.82, 2.24) is 9.78 Å². The fourth-order valence-corrected chi connectivity index (χ4v) is 2.28. The fourth-order valence-electron chi connectivity index (χ4n) is 2.15. The van der Waals surface area contributed by atoms with Crippen molar-refractivity contribution in [2.75, 3.05) is 12.4 Å². The highest BCUT2D eigenvalue weighted by atomic mass is 35.5. The van der Waals surface area contributed by atoms with E-state index in [9.17, 15) is 10.1 Å². The van der Waals surface area contributed by atoms with Gasteiger partial charge in [-0.05, 0) is 13.8 Å². The lowest BCUT2D eigenvalue weighted by Gasteiger charge is -2.10. The third-order valence-corrected chi connectivity index (χ3v) is 3.74. The molecule has 0 aliphatic heterocycles. The van der Waals surface area contributed by atoms with Crippen molar-refractivity contribution < 1.29 is 4.92 Å². The Bertz CT molecular complexity index is 667. The minimum absolute atomic E-state index is 0.0534. The van der Waals surface area contributed by atoms with Crippen LogP contribution in [0, 0.1) is 24.0 Å². The van der Waals surface area contributed by atoms with Crippen molar-refractivity contribution in [2.45, 2.75) is 20.4 Å². The Balaban J connectivity index is 2.46. The largest absolute Gasteiger partial charge is 0.382 e. The molecule has 1 aromatic heterocycles. The zero-order valence-electron chi connectivity index (χ0n) is 11.5. The van der Waals surface area contributed by atoms with Crippen LogP contribution < -0.4 is 5.32 Å². The summed E-state index contributed by atoms with van der Waals surface area (Å²) in [5, 5.41) is 18.9. The molecule has 0 aliphatic rings. The van der Waals surface area contributed by atoms with Crippen molar-refractivity contribution >= 4 is 23.0 Å². The van der Waals surface area contributed by atoms with E-state index in [0.29, 0.717) is 17.3 Å². The number of nitro benzene ring substituents is 1. The average molecular weight is 295 g/mol. The Hall–Kier alpha value is -2.08. The third kappa shape index (κ3) is 2.46. The standard InChI is InChI=1S/C13H15ClN4O2/c1-8-12(14)9(2)17(16-8)7-10-5-4-6-11(18(19)20)13(10)15-3/h4-6,15H,7H2,1-3H3. The van der Waals surface area contributed by atoms with Gasteiger partial charge in [0, 0.05) is 18.7 Å². The lowest BCUT2D eigenvalue weighted by atomic mass is 10.1. The molecule has 0 bridgehead atoms. The maximum Gasteiger partial charge on any atom is 0.292 e. The summed E-state index contributed by atoms with van der Waals surface area (Å²) in [4.78, 5) is 10.6. The van der Waals surface area contributed by atoms with Gasteiger partial charge >= 0.3 is 0 Å². The number of halogens is 1. The van der Waals surface area contributed by atoms with Crippen LogP contribution in [0.4, 0.5) is 11.4 Å². The second-order valence-corrected chi connectivity index (χ2v) is 4.84. The Morgan fingerprint density at radius 3 is 2.65 bits per heavy atom. The van der Waals surface area contributed by atoms with Crippen LogP contribution in [0.2, 0.25) is 5.02 Å². The summed E-state index contributed by atoms with van der Waals surface area (Å²) in [7, 11) is 1.67. The maximum absolute atomic E-state index is 11.0. The van der Waals surface area contributed by atoms with Crippen molar-refractivity contribution in [2.24, 2.45) is 0 Å². The van der Waals surface area contributed by atoms with Gasteiger partial charge in [0.2, 0.25) is 0 Å². The van der Waals surface area contributed by atoms with Crippen molar-refractivity contribution in [3.05, 3.63) is 50.3 Å². The first-order chi connectivity index (χ1) is 9.45. The molecule has 0 unspecified atom stereocenters. The van der Waals surface area contributed by atoms with E-state index in [4.69, 9.17) is 11.6 Å². The molecule has 20 heavy (non-hydrogen) atoms. The summed E-state index contributed by atoms with van der Waals surface area (Å²) in [6, 6.07) is 4.98. The molecule has 1 N–H and O–H groups in total. The quantitative estimate of drug-likeness (QED) is 0.694. The number of rotatable bonds is 4. The number of aromatic nitrogens is 2. The first kappa shape index (κ1) is 14.3.